The van der Waals surface area contributed by atoms with Crippen LogP contribution < -0.4 is 0 Å². The minimum absolute atomic E-state index is 0.147. The average Bonchev–Trinajstić information content (AvgIpc) is 2.56. The molecule has 0 N–H and O–H groups in total. The molecule has 7 heteroatoms. The molecular formula is C11H4Br3ClF2S. The molecule has 0 saturated heterocycles. The molecule has 0 spiro atoms. The predicted octanol–water partition coefficient (Wildman–Crippen LogP) is 6.64. The lowest BCUT2D eigenvalue weighted by Crippen LogP contribution is -2.00. The summed E-state index contributed by atoms with van der Waals surface area (Å²) in [5, 5.41) is -0.880. The van der Waals surface area contributed by atoms with E-state index in [1.54, 1.807) is 6.07 Å². The highest BCUT2D eigenvalue weighted by atomic mass is 79.9. The molecule has 0 fully saturated rings. The molecule has 0 aliphatic rings. The molecule has 1 atom stereocenters. The Bertz CT molecular complexity index is 577. The van der Waals surface area contributed by atoms with E-state index in [1.165, 1.54) is 23.5 Å². The highest BCUT2D eigenvalue weighted by Crippen LogP contribution is 2.42. The third-order valence-corrected chi connectivity index (χ3v) is 5.55. The Balaban J connectivity index is 2.52. The largest absolute Gasteiger partial charge is 0.206 e. The van der Waals surface area contributed by atoms with Gasteiger partial charge in [-0.3, -0.25) is 0 Å². The Morgan fingerprint density at radius 2 is 1.61 bits per heavy atom. The molecule has 2 aromatic rings. The van der Waals surface area contributed by atoms with Crippen molar-refractivity contribution in [2.45, 2.75) is 5.38 Å². The van der Waals surface area contributed by atoms with Crippen molar-refractivity contribution in [1.29, 1.82) is 0 Å². The fourth-order valence-electron chi connectivity index (χ4n) is 1.48. The second-order valence-electron chi connectivity index (χ2n) is 3.43. The van der Waals surface area contributed by atoms with Crippen molar-refractivity contribution < 1.29 is 8.78 Å². The van der Waals surface area contributed by atoms with Gasteiger partial charge in [-0.2, -0.15) is 0 Å². The Kier molecular flexibility index (Phi) is 4.86. The molecule has 2 rings (SSSR count). The summed E-state index contributed by atoms with van der Waals surface area (Å²) < 4.78 is 29.5. The van der Waals surface area contributed by atoms with Crippen LogP contribution in [0.25, 0.3) is 0 Å². The summed E-state index contributed by atoms with van der Waals surface area (Å²) in [6.07, 6.45) is 0. The summed E-state index contributed by atoms with van der Waals surface area (Å²) >= 11 is 17.2. The molecule has 1 aromatic carbocycles. The van der Waals surface area contributed by atoms with E-state index < -0.39 is 17.0 Å². The van der Waals surface area contributed by atoms with Crippen LogP contribution in [0.2, 0.25) is 0 Å². The quantitative estimate of drug-likeness (QED) is 0.422. The zero-order chi connectivity index (χ0) is 13.4. The molecule has 0 amide bonds. The minimum Gasteiger partial charge on any atom is -0.206 e. The summed E-state index contributed by atoms with van der Waals surface area (Å²) in [5.74, 6) is -1.34. The standard InChI is InChI=1S/C11H4Br3ClF2S/c12-4-1-6(16)9(7(17)2-4)10(15)5-3-8(13)18-11(5)14/h1-3,10H. The fraction of sp³-hybridized carbons (Fsp3) is 0.0909. The molecule has 18 heavy (non-hydrogen) atoms. The van der Waals surface area contributed by atoms with E-state index in [0.717, 1.165) is 7.57 Å². The highest BCUT2D eigenvalue weighted by Gasteiger charge is 2.23. The molecule has 0 radical (unpaired) electrons. The Hall–Kier alpha value is 0.510. The number of halogens is 6. The molecule has 1 heterocycles. The van der Waals surface area contributed by atoms with Gasteiger partial charge in [0, 0.05) is 15.6 Å². The zero-order valence-electron chi connectivity index (χ0n) is 8.49. The number of hydrogen-bond donors (Lipinski definition) is 0. The summed E-state index contributed by atoms with van der Waals surface area (Å²) in [7, 11) is 0. The van der Waals surface area contributed by atoms with E-state index in [9.17, 15) is 8.78 Å². The van der Waals surface area contributed by atoms with E-state index in [4.69, 9.17) is 11.6 Å². The van der Waals surface area contributed by atoms with Crippen molar-refractivity contribution in [2.75, 3.05) is 0 Å². The lowest BCUT2D eigenvalue weighted by atomic mass is 10.1. The molecule has 0 nitrogen and oxygen atoms in total. The summed E-state index contributed by atoms with van der Waals surface area (Å²) in [6, 6.07) is 4.14. The maximum Gasteiger partial charge on any atom is 0.132 e. The van der Waals surface area contributed by atoms with Crippen LogP contribution in [0.3, 0.4) is 0 Å². The number of thiophene rings is 1. The van der Waals surface area contributed by atoms with Gasteiger partial charge >= 0.3 is 0 Å². The van der Waals surface area contributed by atoms with E-state index in [-0.39, 0.29) is 5.56 Å². The molecular weight excluding hydrogens is 477 g/mol. The van der Waals surface area contributed by atoms with E-state index >= 15 is 0 Å². The number of alkyl halides is 1. The van der Waals surface area contributed by atoms with Crippen molar-refractivity contribution in [3.63, 3.8) is 0 Å². The van der Waals surface area contributed by atoms with Crippen LogP contribution in [0.1, 0.15) is 16.5 Å². The predicted molar refractivity (Wildman–Crippen MR) is 81.5 cm³/mol. The molecule has 0 saturated carbocycles. The van der Waals surface area contributed by atoms with Gasteiger partial charge in [0.05, 0.1) is 12.9 Å². The molecule has 1 unspecified atom stereocenters. The first-order chi connectivity index (χ1) is 8.40. The lowest BCUT2D eigenvalue weighted by Gasteiger charge is -2.12. The van der Waals surface area contributed by atoms with Crippen LogP contribution in [-0.4, -0.2) is 0 Å². The Morgan fingerprint density at radius 3 is 2.06 bits per heavy atom. The Labute approximate surface area is 137 Å². The van der Waals surface area contributed by atoms with Gasteiger partial charge in [0.2, 0.25) is 0 Å². The van der Waals surface area contributed by atoms with Gasteiger partial charge in [0.1, 0.15) is 11.6 Å². The topological polar surface area (TPSA) is 0 Å². The van der Waals surface area contributed by atoms with Crippen molar-refractivity contribution in [3.8, 4) is 0 Å². The monoisotopic (exact) mass is 478 g/mol. The van der Waals surface area contributed by atoms with Crippen LogP contribution in [-0.2, 0) is 0 Å². The first-order valence-corrected chi connectivity index (χ1v) is 8.26. The first kappa shape index (κ1) is 14.9. The third-order valence-electron chi connectivity index (χ3n) is 2.25. The van der Waals surface area contributed by atoms with E-state index in [1.807, 2.05) is 0 Å². The van der Waals surface area contributed by atoms with Crippen LogP contribution >= 0.6 is 70.7 Å². The summed E-state index contributed by atoms with van der Waals surface area (Å²) in [4.78, 5) is 0. The molecule has 1 aromatic heterocycles. The third kappa shape index (κ3) is 2.98. The number of hydrogen-bond acceptors (Lipinski definition) is 1. The van der Waals surface area contributed by atoms with Gasteiger partial charge in [-0.05, 0) is 50.1 Å². The van der Waals surface area contributed by atoms with Crippen molar-refractivity contribution in [3.05, 3.63) is 53.0 Å². The normalized spacial score (nSPS) is 12.8. The molecule has 96 valence electrons. The van der Waals surface area contributed by atoms with Crippen molar-refractivity contribution in [1.82, 2.24) is 0 Å². The SMILES string of the molecule is Fc1cc(Br)cc(F)c1C(Cl)c1cc(Br)sc1Br. The van der Waals surface area contributed by atoms with Crippen molar-refractivity contribution in [2.24, 2.45) is 0 Å². The maximum absolute atomic E-state index is 13.8. The van der Waals surface area contributed by atoms with Crippen molar-refractivity contribution >= 4 is 70.7 Å². The van der Waals surface area contributed by atoms with Crippen LogP contribution in [0.4, 0.5) is 8.78 Å². The zero-order valence-corrected chi connectivity index (χ0v) is 14.8. The van der Waals surface area contributed by atoms with Crippen LogP contribution in [0, 0.1) is 11.6 Å². The van der Waals surface area contributed by atoms with Gasteiger partial charge < -0.3 is 0 Å². The van der Waals surface area contributed by atoms with E-state index in [0.29, 0.717) is 10.0 Å². The molecule has 0 aliphatic carbocycles. The van der Waals surface area contributed by atoms with Gasteiger partial charge in [-0.15, -0.1) is 22.9 Å². The average molecular weight is 481 g/mol. The van der Waals surface area contributed by atoms with Gasteiger partial charge in [0.15, 0.2) is 0 Å². The minimum atomic E-state index is -0.880. The van der Waals surface area contributed by atoms with Gasteiger partial charge in [-0.1, -0.05) is 15.9 Å². The van der Waals surface area contributed by atoms with Gasteiger partial charge in [0.25, 0.3) is 0 Å². The van der Waals surface area contributed by atoms with Crippen LogP contribution in [0.15, 0.2) is 30.2 Å². The second kappa shape index (κ2) is 5.87. The fourth-order valence-corrected chi connectivity index (χ4v) is 5.36. The summed E-state index contributed by atoms with van der Waals surface area (Å²) in [6.45, 7) is 0. The summed E-state index contributed by atoms with van der Waals surface area (Å²) in [5.41, 5.74) is 0.486. The first-order valence-electron chi connectivity index (χ1n) is 4.63. The smallest absolute Gasteiger partial charge is 0.132 e. The number of rotatable bonds is 2. The molecule has 0 bridgehead atoms. The lowest BCUT2D eigenvalue weighted by molar-refractivity contribution is 0.557. The van der Waals surface area contributed by atoms with Crippen LogP contribution in [0.5, 0.6) is 0 Å². The van der Waals surface area contributed by atoms with Gasteiger partial charge in [-0.25, -0.2) is 8.78 Å². The molecule has 0 aliphatic heterocycles. The second-order valence-corrected chi connectivity index (χ2v) is 8.53. The van der Waals surface area contributed by atoms with E-state index in [2.05, 4.69) is 47.8 Å². The Morgan fingerprint density at radius 1 is 1.06 bits per heavy atom. The highest BCUT2D eigenvalue weighted by molar-refractivity contribution is 9.12. The number of benzene rings is 1. The maximum atomic E-state index is 13.8.